The maximum atomic E-state index is 13.5. The highest BCUT2D eigenvalue weighted by Crippen LogP contribution is 2.27. The molecular formula is C16H12FN5O2. The Labute approximate surface area is 134 Å². The summed E-state index contributed by atoms with van der Waals surface area (Å²) in [6.07, 6.45) is 0.291. The Morgan fingerprint density at radius 2 is 1.88 bits per heavy atom. The van der Waals surface area contributed by atoms with E-state index in [1.807, 2.05) is 0 Å². The predicted molar refractivity (Wildman–Crippen MR) is 85.2 cm³/mol. The summed E-state index contributed by atoms with van der Waals surface area (Å²) >= 11 is 0. The van der Waals surface area contributed by atoms with Crippen molar-refractivity contribution in [2.24, 2.45) is 0 Å². The van der Waals surface area contributed by atoms with E-state index < -0.39 is 5.82 Å². The zero-order valence-electron chi connectivity index (χ0n) is 12.3. The number of rotatable bonds is 2. The van der Waals surface area contributed by atoms with Gasteiger partial charge in [0.25, 0.3) is 0 Å². The van der Waals surface area contributed by atoms with Crippen LogP contribution < -0.4 is 5.73 Å². The highest BCUT2D eigenvalue weighted by molar-refractivity contribution is 5.91. The second kappa shape index (κ2) is 5.05. The van der Waals surface area contributed by atoms with Gasteiger partial charge in [-0.3, -0.25) is 0 Å². The molecule has 4 rings (SSSR count). The molecule has 8 heteroatoms. The molecule has 24 heavy (non-hydrogen) atoms. The highest BCUT2D eigenvalue weighted by Gasteiger charge is 2.14. The van der Waals surface area contributed by atoms with Crippen molar-refractivity contribution in [3.8, 4) is 11.5 Å². The van der Waals surface area contributed by atoms with Gasteiger partial charge in [0.2, 0.25) is 5.95 Å². The molecule has 0 radical (unpaired) electrons. The quantitative estimate of drug-likeness (QED) is 0.486. The fraction of sp³-hybridized carbons (Fsp3) is 0.0625. The number of nitrogen functional groups attached to an aromatic ring is 1. The molecule has 0 aliphatic rings. The van der Waals surface area contributed by atoms with Crippen molar-refractivity contribution in [3.05, 3.63) is 53.6 Å². The third-order valence-corrected chi connectivity index (χ3v) is 3.72. The van der Waals surface area contributed by atoms with Crippen molar-refractivity contribution >= 4 is 22.5 Å². The second-order valence-corrected chi connectivity index (χ2v) is 5.39. The Morgan fingerprint density at radius 3 is 2.67 bits per heavy atom. The third kappa shape index (κ3) is 2.24. The molecular weight excluding hydrogens is 313 g/mol. The van der Waals surface area contributed by atoms with Crippen LogP contribution in [0.15, 0.2) is 36.4 Å². The van der Waals surface area contributed by atoms with Gasteiger partial charge in [-0.25, -0.2) is 9.37 Å². The fourth-order valence-corrected chi connectivity index (χ4v) is 2.63. The van der Waals surface area contributed by atoms with Gasteiger partial charge in [0.15, 0.2) is 17.1 Å². The molecule has 4 N–H and O–H groups in total. The number of nitrogens with two attached hydrogens (primary N) is 1. The molecule has 2 aromatic carbocycles. The first-order valence-corrected chi connectivity index (χ1v) is 7.12. The van der Waals surface area contributed by atoms with Crippen molar-refractivity contribution in [2.75, 3.05) is 5.73 Å². The van der Waals surface area contributed by atoms with Crippen LogP contribution in [0.2, 0.25) is 0 Å². The minimum Gasteiger partial charge on any atom is -0.504 e. The zero-order chi connectivity index (χ0) is 16.8. The lowest BCUT2D eigenvalue weighted by atomic mass is 10.1. The van der Waals surface area contributed by atoms with Gasteiger partial charge < -0.3 is 15.9 Å². The van der Waals surface area contributed by atoms with E-state index in [-0.39, 0.29) is 17.4 Å². The van der Waals surface area contributed by atoms with Crippen molar-refractivity contribution < 1.29 is 14.6 Å². The minimum atomic E-state index is -0.403. The van der Waals surface area contributed by atoms with Crippen molar-refractivity contribution in [3.63, 3.8) is 0 Å². The monoisotopic (exact) mass is 325 g/mol. The number of halogens is 1. The number of aromatic nitrogens is 4. The van der Waals surface area contributed by atoms with Crippen LogP contribution in [-0.2, 0) is 6.42 Å². The number of aromatic hydroxyl groups is 2. The van der Waals surface area contributed by atoms with E-state index in [2.05, 4.69) is 15.1 Å². The molecule has 0 bridgehead atoms. The molecule has 0 spiro atoms. The Morgan fingerprint density at radius 1 is 1.04 bits per heavy atom. The van der Waals surface area contributed by atoms with Crippen LogP contribution in [-0.4, -0.2) is 29.8 Å². The maximum absolute atomic E-state index is 13.5. The number of phenolic OH excluding ortho intramolecular Hbond substituents is 2. The van der Waals surface area contributed by atoms with Gasteiger partial charge in [0, 0.05) is 17.9 Å². The van der Waals surface area contributed by atoms with E-state index in [0.717, 1.165) is 0 Å². The molecule has 0 fully saturated rings. The summed E-state index contributed by atoms with van der Waals surface area (Å²) in [7, 11) is 0. The van der Waals surface area contributed by atoms with E-state index >= 15 is 0 Å². The lowest BCUT2D eigenvalue weighted by Crippen LogP contribution is -2.05. The average Bonchev–Trinajstić information content (AvgIpc) is 2.93. The SMILES string of the molecule is Nc1nc2c3ccc(F)cc3nc(Cc3ccc(O)c(O)c3)n2n1. The van der Waals surface area contributed by atoms with Crippen molar-refractivity contribution in [2.45, 2.75) is 6.42 Å². The molecule has 2 heterocycles. The predicted octanol–water partition coefficient (Wildman–Crippen LogP) is 2.00. The summed E-state index contributed by atoms with van der Waals surface area (Å²) in [5, 5.41) is 23.8. The Balaban J connectivity index is 1.93. The topological polar surface area (TPSA) is 110 Å². The molecule has 0 unspecified atom stereocenters. The highest BCUT2D eigenvalue weighted by atomic mass is 19.1. The number of anilines is 1. The van der Waals surface area contributed by atoms with Crippen LogP contribution in [0, 0.1) is 5.82 Å². The Hall–Kier alpha value is -3.42. The zero-order valence-corrected chi connectivity index (χ0v) is 12.3. The smallest absolute Gasteiger partial charge is 0.240 e. The van der Waals surface area contributed by atoms with Crippen molar-refractivity contribution in [1.29, 1.82) is 0 Å². The van der Waals surface area contributed by atoms with E-state index in [4.69, 9.17) is 5.73 Å². The second-order valence-electron chi connectivity index (χ2n) is 5.39. The molecule has 4 aromatic rings. The molecule has 0 saturated heterocycles. The lowest BCUT2D eigenvalue weighted by Gasteiger charge is -2.07. The van der Waals surface area contributed by atoms with Gasteiger partial charge in [-0.1, -0.05) is 6.07 Å². The van der Waals surface area contributed by atoms with Crippen LogP contribution >= 0.6 is 0 Å². The fourth-order valence-electron chi connectivity index (χ4n) is 2.63. The van der Waals surface area contributed by atoms with E-state index in [1.54, 1.807) is 12.1 Å². The molecule has 0 aliphatic heterocycles. The molecule has 7 nitrogen and oxygen atoms in total. The summed E-state index contributed by atoms with van der Waals surface area (Å²) in [5.74, 6) is -0.267. The number of hydrogen-bond acceptors (Lipinski definition) is 6. The molecule has 0 atom stereocenters. The Bertz CT molecular complexity index is 1090. The van der Waals surface area contributed by atoms with Crippen LogP contribution in [0.3, 0.4) is 0 Å². The van der Waals surface area contributed by atoms with Crippen LogP contribution in [0.4, 0.5) is 10.3 Å². The summed E-state index contributed by atoms with van der Waals surface area (Å²) in [6.45, 7) is 0. The Kier molecular flexibility index (Phi) is 2.99. The summed E-state index contributed by atoms with van der Waals surface area (Å²) < 4.78 is 15.0. The maximum Gasteiger partial charge on any atom is 0.240 e. The van der Waals surface area contributed by atoms with Gasteiger partial charge >= 0.3 is 0 Å². The number of hydrogen-bond donors (Lipinski definition) is 3. The van der Waals surface area contributed by atoms with Crippen LogP contribution in [0.5, 0.6) is 11.5 Å². The van der Waals surface area contributed by atoms with E-state index in [1.165, 1.54) is 28.8 Å². The molecule has 0 saturated carbocycles. The van der Waals surface area contributed by atoms with Gasteiger partial charge in [0.05, 0.1) is 5.52 Å². The minimum absolute atomic E-state index is 0.0865. The number of fused-ring (bicyclic) bond motifs is 3. The molecule has 0 amide bonds. The summed E-state index contributed by atoms with van der Waals surface area (Å²) in [6, 6.07) is 8.69. The standard InChI is InChI=1S/C16H12FN5O2/c17-9-2-3-10-11(7-9)19-14(22-15(10)20-16(18)21-22)6-8-1-4-12(23)13(24)5-8/h1-5,7,23-24H,6H2,(H2,18,21). The number of phenols is 2. The van der Waals surface area contributed by atoms with Crippen LogP contribution in [0.1, 0.15) is 11.4 Å². The summed E-state index contributed by atoms with van der Waals surface area (Å²) in [5.41, 5.74) is 7.32. The van der Waals surface area contributed by atoms with Gasteiger partial charge in [0.1, 0.15) is 11.6 Å². The van der Waals surface area contributed by atoms with Gasteiger partial charge in [-0.15, -0.1) is 5.10 Å². The first-order chi connectivity index (χ1) is 11.5. The lowest BCUT2D eigenvalue weighted by molar-refractivity contribution is 0.403. The van der Waals surface area contributed by atoms with E-state index in [9.17, 15) is 14.6 Å². The average molecular weight is 325 g/mol. The van der Waals surface area contributed by atoms with Crippen molar-refractivity contribution in [1.82, 2.24) is 19.6 Å². The molecule has 2 aromatic heterocycles. The van der Waals surface area contributed by atoms with Gasteiger partial charge in [-0.05, 0) is 29.8 Å². The summed E-state index contributed by atoms with van der Waals surface area (Å²) in [4.78, 5) is 8.63. The molecule has 120 valence electrons. The normalized spacial score (nSPS) is 11.4. The third-order valence-electron chi connectivity index (χ3n) is 3.72. The number of benzene rings is 2. The largest absolute Gasteiger partial charge is 0.504 e. The first-order valence-electron chi connectivity index (χ1n) is 7.12. The van der Waals surface area contributed by atoms with Crippen LogP contribution in [0.25, 0.3) is 16.6 Å². The first kappa shape index (κ1) is 14.2. The van der Waals surface area contributed by atoms with Gasteiger partial charge in [-0.2, -0.15) is 9.50 Å². The molecule has 0 aliphatic carbocycles. The van der Waals surface area contributed by atoms with E-state index in [0.29, 0.717) is 34.4 Å². The number of nitrogens with zero attached hydrogens (tertiary/aromatic N) is 4.